The van der Waals surface area contributed by atoms with E-state index in [1.54, 1.807) is 12.5 Å². The minimum Gasteiger partial charge on any atom is -0.472 e. The van der Waals surface area contributed by atoms with E-state index in [9.17, 15) is 4.79 Å². The summed E-state index contributed by atoms with van der Waals surface area (Å²) in [6, 6.07) is 5.83. The average molecular weight is 298 g/mol. The van der Waals surface area contributed by atoms with Gasteiger partial charge in [-0.2, -0.15) is 0 Å². The van der Waals surface area contributed by atoms with E-state index < -0.39 is 0 Å². The van der Waals surface area contributed by atoms with Crippen molar-refractivity contribution in [3.05, 3.63) is 42.5 Å². The van der Waals surface area contributed by atoms with Crippen LogP contribution in [0.15, 0.2) is 41.3 Å². The van der Waals surface area contributed by atoms with E-state index in [0.717, 1.165) is 16.8 Å². The van der Waals surface area contributed by atoms with Crippen molar-refractivity contribution in [1.82, 2.24) is 10.3 Å². The predicted molar refractivity (Wildman–Crippen MR) is 85.0 cm³/mol. The van der Waals surface area contributed by atoms with Crippen molar-refractivity contribution in [3.63, 3.8) is 0 Å². The van der Waals surface area contributed by atoms with E-state index >= 15 is 0 Å². The van der Waals surface area contributed by atoms with Crippen molar-refractivity contribution in [2.24, 2.45) is 5.92 Å². The van der Waals surface area contributed by atoms with Crippen LogP contribution in [0.25, 0.3) is 11.3 Å². The molecule has 1 aliphatic rings. The molecule has 2 aromatic heterocycles. The Balaban J connectivity index is 1.47. The Morgan fingerprint density at radius 2 is 2.09 bits per heavy atom. The fraction of sp³-hybridized carbons (Fsp3) is 0.444. The van der Waals surface area contributed by atoms with Crippen LogP contribution in [0.3, 0.4) is 0 Å². The Morgan fingerprint density at radius 1 is 1.23 bits per heavy atom. The molecule has 2 heterocycles. The molecule has 0 atom stereocenters. The van der Waals surface area contributed by atoms with E-state index in [0.29, 0.717) is 18.9 Å². The van der Waals surface area contributed by atoms with Crippen LogP contribution in [0.5, 0.6) is 0 Å². The highest BCUT2D eigenvalue weighted by Crippen LogP contribution is 2.26. The summed E-state index contributed by atoms with van der Waals surface area (Å²) in [5, 5.41) is 3.00. The molecule has 0 spiro atoms. The van der Waals surface area contributed by atoms with Crippen LogP contribution in [-0.2, 0) is 11.3 Å². The van der Waals surface area contributed by atoms with Gasteiger partial charge in [0, 0.05) is 24.7 Å². The first-order valence-corrected chi connectivity index (χ1v) is 8.05. The topological polar surface area (TPSA) is 55.1 Å². The van der Waals surface area contributed by atoms with Gasteiger partial charge in [-0.05, 0) is 36.5 Å². The number of hydrogen-bond donors (Lipinski definition) is 1. The van der Waals surface area contributed by atoms with Crippen LogP contribution >= 0.6 is 0 Å². The Bertz CT molecular complexity index is 584. The van der Waals surface area contributed by atoms with Crippen LogP contribution < -0.4 is 5.32 Å². The molecule has 116 valence electrons. The van der Waals surface area contributed by atoms with Gasteiger partial charge >= 0.3 is 0 Å². The van der Waals surface area contributed by atoms with Gasteiger partial charge in [-0.15, -0.1) is 0 Å². The van der Waals surface area contributed by atoms with Gasteiger partial charge in [-0.3, -0.25) is 9.78 Å². The van der Waals surface area contributed by atoms with Crippen molar-refractivity contribution in [2.45, 2.75) is 45.1 Å². The zero-order valence-corrected chi connectivity index (χ0v) is 12.8. The molecule has 22 heavy (non-hydrogen) atoms. The lowest BCUT2D eigenvalue weighted by Crippen LogP contribution is -2.25. The standard InChI is InChI=1S/C18H22N2O2/c21-18(10-14-4-2-1-3-5-14)20-12-15-6-7-17(19-11-15)16-8-9-22-13-16/h6-9,11,13-14H,1-5,10,12H2,(H,20,21). The van der Waals surface area contributed by atoms with Crippen molar-refractivity contribution in [1.29, 1.82) is 0 Å². The Kier molecular flexibility index (Phi) is 4.88. The molecule has 3 rings (SSSR count). The van der Waals surface area contributed by atoms with Crippen molar-refractivity contribution < 1.29 is 9.21 Å². The summed E-state index contributed by atoms with van der Waals surface area (Å²) in [6.45, 7) is 0.546. The summed E-state index contributed by atoms with van der Waals surface area (Å²) in [7, 11) is 0. The lowest BCUT2D eigenvalue weighted by molar-refractivity contribution is -0.122. The zero-order chi connectivity index (χ0) is 15.2. The summed E-state index contributed by atoms with van der Waals surface area (Å²) in [6.07, 6.45) is 12.1. The largest absolute Gasteiger partial charge is 0.472 e. The maximum Gasteiger partial charge on any atom is 0.220 e. The third kappa shape index (κ3) is 3.97. The fourth-order valence-corrected chi connectivity index (χ4v) is 3.04. The quantitative estimate of drug-likeness (QED) is 0.910. The summed E-state index contributed by atoms with van der Waals surface area (Å²) < 4.78 is 5.05. The number of nitrogens with zero attached hydrogens (tertiary/aromatic N) is 1. The number of amides is 1. The molecule has 4 nitrogen and oxygen atoms in total. The number of aromatic nitrogens is 1. The van der Waals surface area contributed by atoms with Crippen LogP contribution in [0, 0.1) is 5.92 Å². The van der Waals surface area contributed by atoms with Crippen molar-refractivity contribution in [3.8, 4) is 11.3 Å². The first-order valence-electron chi connectivity index (χ1n) is 8.05. The molecule has 0 aromatic carbocycles. The molecule has 1 amide bonds. The van der Waals surface area contributed by atoms with Gasteiger partial charge < -0.3 is 9.73 Å². The molecular weight excluding hydrogens is 276 g/mol. The van der Waals surface area contributed by atoms with E-state index in [4.69, 9.17) is 4.42 Å². The maximum atomic E-state index is 12.0. The van der Waals surface area contributed by atoms with Crippen LogP contribution in [0.4, 0.5) is 0 Å². The first-order chi connectivity index (χ1) is 10.8. The lowest BCUT2D eigenvalue weighted by atomic mass is 9.87. The maximum absolute atomic E-state index is 12.0. The summed E-state index contributed by atoms with van der Waals surface area (Å²) >= 11 is 0. The number of nitrogens with one attached hydrogen (secondary N) is 1. The molecule has 0 aliphatic heterocycles. The van der Waals surface area contributed by atoms with Gasteiger partial charge in [0.05, 0.1) is 18.2 Å². The van der Waals surface area contributed by atoms with Gasteiger partial charge in [0.1, 0.15) is 0 Å². The van der Waals surface area contributed by atoms with Gasteiger partial charge in [0.2, 0.25) is 5.91 Å². The molecular formula is C18H22N2O2. The highest BCUT2D eigenvalue weighted by Gasteiger charge is 2.16. The monoisotopic (exact) mass is 298 g/mol. The number of hydrogen-bond acceptors (Lipinski definition) is 3. The van der Waals surface area contributed by atoms with E-state index in [1.807, 2.05) is 24.4 Å². The third-order valence-corrected chi connectivity index (χ3v) is 4.33. The Morgan fingerprint density at radius 3 is 2.77 bits per heavy atom. The normalized spacial score (nSPS) is 15.6. The molecule has 1 N–H and O–H groups in total. The highest BCUT2D eigenvalue weighted by atomic mass is 16.3. The SMILES string of the molecule is O=C(CC1CCCCC1)NCc1ccc(-c2ccoc2)nc1. The summed E-state index contributed by atoms with van der Waals surface area (Å²) in [5.41, 5.74) is 2.86. The second-order valence-electron chi connectivity index (χ2n) is 6.05. The van der Waals surface area contributed by atoms with Gasteiger partial charge in [-0.25, -0.2) is 0 Å². The highest BCUT2D eigenvalue weighted by molar-refractivity contribution is 5.76. The van der Waals surface area contributed by atoms with Crippen LogP contribution in [-0.4, -0.2) is 10.9 Å². The van der Waals surface area contributed by atoms with E-state index in [2.05, 4.69) is 10.3 Å². The first kappa shape index (κ1) is 14.8. The smallest absolute Gasteiger partial charge is 0.220 e. The number of carbonyl (C=O) groups is 1. The molecule has 1 saturated carbocycles. The second-order valence-corrected chi connectivity index (χ2v) is 6.05. The minimum absolute atomic E-state index is 0.158. The summed E-state index contributed by atoms with van der Waals surface area (Å²) in [5.74, 6) is 0.737. The summed E-state index contributed by atoms with van der Waals surface area (Å²) in [4.78, 5) is 16.4. The Labute approximate surface area is 130 Å². The molecule has 1 aliphatic carbocycles. The third-order valence-electron chi connectivity index (χ3n) is 4.33. The molecule has 0 radical (unpaired) electrons. The second kappa shape index (κ2) is 7.25. The predicted octanol–water partition coefficient (Wildman–Crippen LogP) is 3.93. The molecule has 0 saturated heterocycles. The van der Waals surface area contributed by atoms with Crippen molar-refractivity contribution in [2.75, 3.05) is 0 Å². The van der Waals surface area contributed by atoms with E-state index in [-0.39, 0.29) is 5.91 Å². The van der Waals surface area contributed by atoms with Crippen LogP contribution in [0.1, 0.15) is 44.1 Å². The number of furan rings is 1. The molecule has 4 heteroatoms. The minimum atomic E-state index is 0.158. The fourth-order valence-electron chi connectivity index (χ4n) is 3.04. The number of rotatable bonds is 5. The molecule has 0 unspecified atom stereocenters. The van der Waals surface area contributed by atoms with Crippen LogP contribution in [0.2, 0.25) is 0 Å². The molecule has 1 fully saturated rings. The number of pyridine rings is 1. The zero-order valence-electron chi connectivity index (χ0n) is 12.8. The van der Waals surface area contributed by atoms with Crippen molar-refractivity contribution >= 4 is 5.91 Å². The molecule has 2 aromatic rings. The lowest BCUT2D eigenvalue weighted by Gasteiger charge is -2.20. The average Bonchev–Trinajstić information content (AvgIpc) is 3.09. The number of carbonyl (C=O) groups excluding carboxylic acids is 1. The van der Waals surface area contributed by atoms with E-state index in [1.165, 1.54) is 32.1 Å². The Hall–Kier alpha value is -2.10. The molecule has 0 bridgehead atoms. The van der Waals surface area contributed by atoms with Gasteiger partial charge in [0.15, 0.2) is 0 Å². The van der Waals surface area contributed by atoms with Gasteiger partial charge in [0.25, 0.3) is 0 Å². The van der Waals surface area contributed by atoms with Gasteiger partial charge in [-0.1, -0.05) is 25.3 Å².